The number of pyridine rings is 1. The molecule has 1 heterocycles. The van der Waals surface area contributed by atoms with Crippen LogP contribution < -0.4 is 15.6 Å². The van der Waals surface area contributed by atoms with Crippen molar-refractivity contribution in [3.05, 3.63) is 59.9 Å². The van der Waals surface area contributed by atoms with Gasteiger partial charge in [0, 0.05) is 17.7 Å². The van der Waals surface area contributed by atoms with Crippen molar-refractivity contribution in [2.45, 2.75) is 13.5 Å². The lowest BCUT2D eigenvalue weighted by molar-refractivity contribution is -0.684. The summed E-state index contributed by atoms with van der Waals surface area (Å²) >= 11 is 4.97. The molecule has 0 fully saturated rings. The number of carbonyl (C=O) groups excluding carboxylic acids is 1. The van der Waals surface area contributed by atoms with E-state index < -0.39 is 0 Å². The summed E-state index contributed by atoms with van der Waals surface area (Å²) in [5.74, 6) is -0.123. The first-order valence-corrected chi connectivity index (χ1v) is 6.61. The van der Waals surface area contributed by atoms with Gasteiger partial charge < -0.3 is 11.1 Å². The van der Waals surface area contributed by atoms with Gasteiger partial charge >= 0.3 is 0 Å². The molecule has 0 saturated carbocycles. The van der Waals surface area contributed by atoms with Gasteiger partial charge in [-0.15, -0.1) is 0 Å². The molecule has 1 aromatic carbocycles. The van der Waals surface area contributed by atoms with Crippen LogP contribution in [-0.2, 0) is 11.3 Å². The van der Waals surface area contributed by atoms with E-state index in [-0.39, 0.29) is 17.4 Å². The smallest absolute Gasteiger partial charge is 0.290 e. The van der Waals surface area contributed by atoms with Gasteiger partial charge in [0.1, 0.15) is 4.99 Å². The van der Waals surface area contributed by atoms with E-state index in [1.807, 2.05) is 48.1 Å². The van der Waals surface area contributed by atoms with E-state index in [9.17, 15) is 4.79 Å². The number of nitrogens with one attached hydrogen (secondary N) is 1. The van der Waals surface area contributed by atoms with Gasteiger partial charge in [-0.05, 0) is 24.6 Å². The molecular weight excluding hydrogens is 270 g/mol. The topological polar surface area (TPSA) is 59.0 Å². The zero-order valence-electron chi connectivity index (χ0n) is 11.2. The maximum atomic E-state index is 12.0. The molecule has 0 spiro atoms. The third-order valence-electron chi connectivity index (χ3n) is 2.85. The van der Waals surface area contributed by atoms with E-state index in [2.05, 4.69) is 5.32 Å². The summed E-state index contributed by atoms with van der Waals surface area (Å²) in [6.45, 7) is 2.24. The molecule has 0 bridgehead atoms. The second kappa shape index (κ2) is 6.25. The third-order valence-corrected chi connectivity index (χ3v) is 3.07. The van der Waals surface area contributed by atoms with Crippen LogP contribution in [0, 0.1) is 6.92 Å². The number of anilines is 1. The lowest BCUT2D eigenvalue weighted by Crippen LogP contribution is -2.39. The second-order valence-corrected chi connectivity index (χ2v) is 4.95. The Hall–Kier alpha value is -2.27. The van der Waals surface area contributed by atoms with E-state index in [1.165, 1.54) is 0 Å². The molecule has 0 radical (unpaired) electrons. The van der Waals surface area contributed by atoms with Crippen LogP contribution in [0.4, 0.5) is 5.69 Å². The normalized spacial score (nSPS) is 10.1. The van der Waals surface area contributed by atoms with Crippen LogP contribution in [0.25, 0.3) is 0 Å². The van der Waals surface area contributed by atoms with Gasteiger partial charge in [-0.3, -0.25) is 4.79 Å². The highest BCUT2D eigenvalue weighted by Gasteiger charge is 2.12. The monoisotopic (exact) mass is 286 g/mol. The Labute approximate surface area is 123 Å². The molecule has 1 aromatic heterocycles. The Morgan fingerprint density at radius 3 is 2.55 bits per heavy atom. The summed E-state index contributed by atoms with van der Waals surface area (Å²) in [6.07, 6.45) is 3.74. The lowest BCUT2D eigenvalue weighted by Gasteiger charge is -2.08. The van der Waals surface area contributed by atoms with E-state index in [1.54, 1.807) is 12.1 Å². The van der Waals surface area contributed by atoms with Gasteiger partial charge in [-0.1, -0.05) is 24.4 Å². The molecule has 0 aliphatic rings. The van der Waals surface area contributed by atoms with Gasteiger partial charge in [-0.2, -0.15) is 4.57 Å². The van der Waals surface area contributed by atoms with Crippen LogP contribution in [0.5, 0.6) is 0 Å². The van der Waals surface area contributed by atoms with Gasteiger partial charge in [0.15, 0.2) is 12.4 Å². The molecule has 0 unspecified atom stereocenters. The molecule has 3 N–H and O–H groups in total. The zero-order chi connectivity index (χ0) is 14.5. The van der Waals surface area contributed by atoms with Crippen LogP contribution >= 0.6 is 12.2 Å². The number of aryl methyl sites for hydroxylation is 1. The SMILES string of the molecule is Cc1cc[n+](CC(=O)Nc2ccccc2C(N)=S)cc1. The Morgan fingerprint density at radius 2 is 1.90 bits per heavy atom. The summed E-state index contributed by atoms with van der Waals surface area (Å²) in [5, 5.41) is 2.83. The van der Waals surface area contributed by atoms with Crippen LogP contribution in [-0.4, -0.2) is 10.9 Å². The minimum atomic E-state index is -0.123. The summed E-state index contributed by atoms with van der Waals surface area (Å²) < 4.78 is 1.81. The van der Waals surface area contributed by atoms with E-state index in [0.29, 0.717) is 11.3 Å². The highest BCUT2D eigenvalue weighted by molar-refractivity contribution is 7.80. The number of aromatic nitrogens is 1. The lowest BCUT2D eigenvalue weighted by atomic mass is 10.2. The number of thiocarbonyl (C=S) groups is 1. The van der Waals surface area contributed by atoms with Crippen molar-refractivity contribution in [3.8, 4) is 0 Å². The van der Waals surface area contributed by atoms with Crippen molar-refractivity contribution in [3.63, 3.8) is 0 Å². The Morgan fingerprint density at radius 1 is 1.25 bits per heavy atom. The van der Waals surface area contributed by atoms with Crippen molar-refractivity contribution in [2.75, 3.05) is 5.32 Å². The van der Waals surface area contributed by atoms with Crippen molar-refractivity contribution in [1.29, 1.82) is 0 Å². The number of para-hydroxylation sites is 1. The number of carbonyl (C=O) groups is 1. The van der Waals surface area contributed by atoms with E-state index >= 15 is 0 Å². The highest BCUT2D eigenvalue weighted by atomic mass is 32.1. The van der Waals surface area contributed by atoms with E-state index in [4.69, 9.17) is 18.0 Å². The highest BCUT2D eigenvalue weighted by Crippen LogP contribution is 2.14. The molecule has 2 rings (SSSR count). The fraction of sp³-hybridized carbons (Fsp3) is 0.133. The van der Waals surface area contributed by atoms with Crippen molar-refractivity contribution in [1.82, 2.24) is 0 Å². The fourth-order valence-electron chi connectivity index (χ4n) is 1.80. The molecule has 5 heteroatoms. The Balaban J connectivity index is 2.08. The van der Waals surface area contributed by atoms with Crippen LogP contribution in [0.3, 0.4) is 0 Å². The number of hydrogen-bond donors (Lipinski definition) is 2. The van der Waals surface area contributed by atoms with Gasteiger partial charge in [0.05, 0.1) is 5.69 Å². The summed E-state index contributed by atoms with van der Waals surface area (Å²) in [7, 11) is 0. The molecule has 20 heavy (non-hydrogen) atoms. The summed E-state index contributed by atoms with van der Waals surface area (Å²) in [4.78, 5) is 12.3. The first-order chi connectivity index (χ1) is 9.56. The summed E-state index contributed by atoms with van der Waals surface area (Å²) in [5.41, 5.74) is 8.10. The van der Waals surface area contributed by atoms with Crippen molar-refractivity contribution >= 4 is 28.8 Å². The molecule has 0 aliphatic heterocycles. The molecular formula is C15H16N3OS+. The first-order valence-electron chi connectivity index (χ1n) is 6.20. The molecule has 0 aliphatic carbocycles. The fourth-order valence-corrected chi connectivity index (χ4v) is 1.98. The van der Waals surface area contributed by atoms with Crippen molar-refractivity contribution in [2.24, 2.45) is 5.73 Å². The number of nitrogens with two attached hydrogens (primary N) is 1. The van der Waals surface area contributed by atoms with Gasteiger partial charge in [-0.25, -0.2) is 0 Å². The second-order valence-electron chi connectivity index (χ2n) is 4.51. The van der Waals surface area contributed by atoms with E-state index in [0.717, 1.165) is 5.56 Å². The first kappa shape index (κ1) is 14.1. The van der Waals surface area contributed by atoms with Crippen LogP contribution in [0.15, 0.2) is 48.8 Å². The molecule has 2 aromatic rings. The van der Waals surface area contributed by atoms with Crippen LogP contribution in [0.2, 0.25) is 0 Å². The Bertz CT molecular complexity index is 638. The largest absolute Gasteiger partial charge is 0.389 e. The number of rotatable bonds is 4. The quantitative estimate of drug-likeness (QED) is 0.662. The summed E-state index contributed by atoms with van der Waals surface area (Å²) in [6, 6.07) is 11.1. The van der Waals surface area contributed by atoms with Crippen LogP contribution in [0.1, 0.15) is 11.1 Å². The maximum absolute atomic E-state index is 12.0. The standard InChI is InChI=1S/C15H15N3OS/c1-11-6-8-18(9-7-11)10-14(19)17-13-5-3-2-4-12(13)15(16)20/h2-9H,10H2,1H3,(H2-,16,17,19,20)/p+1. The molecule has 1 amide bonds. The van der Waals surface area contributed by atoms with Crippen molar-refractivity contribution < 1.29 is 9.36 Å². The predicted octanol–water partition coefficient (Wildman–Crippen LogP) is 1.56. The number of nitrogens with zero attached hydrogens (tertiary/aromatic N) is 1. The molecule has 4 nitrogen and oxygen atoms in total. The third kappa shape index (κ3) is 3.61. The number of benzene rings is 1. The molecule has 0 saturated heterocycles. The zero-order valence-corrected chi connectivity index (χ0v) is 12.0. The average molecular weight is 286 g/mol. The minimum Gasteiger partial charge on any atom is -0.389 e. The molecule has 102 valence electrons. The Kier molecular flexibility index (Phi) is 4.42. The minimum absolute atomic E-state index is 0.123. The number of amides is 1. The van der Waals surface area contributed by atoms with Gasteiger partial charge in [0.2, 0.25) is 6.54 Å². The maximum Gasteiger partial charge on any atom is 0.290 e. The van der Waals surface area contributed by atoms with Gasteiger partial charge in [0.25, 0.3) is 5.91 Å². The average Bonchev–Trinajstić information content (AvgIpc) is 2.41. The number of hydrogen-bond acceptors (Lipinski definition) is 2. The molecule has 0 atom stereocenters. The predicted molar refractivity (Wildman–Crippen MR) is 82.3 cm³/mol.